The van der Waals surface area contributed by atoms with Crippen LogP contribution in [0.3, 0.4) is 0 Å². The fourth-order valence-corrected chi connectivity index (χ4v) is 4.24. The number of carbonyl (C=O) groups is 1. The second-order valence-corrected chi connectivity index (χ2v) is 8.31. The highest BCUT2D eigenvalue weighted by Gasteiger charge is 2.29. The molecule has 0 aliphatic carbocycles. The van der Waals surface area contributed by atoms with E-state index in [1.165, 1.54) is 5.52 Å². The smallest absolute Gasteiger partial charge is 0.254 e. The van der Waals surface area contributed by atoms with Gasteiger partial charge in [-0.3, -0.25) is 4.79 Å². The predicted molar refractivity (Wildman–Crippen MR) is 117 cm³/mol. The number of piperidine rings is 1. The molecule has 1 amide bonds. The molecule has 1 aliphatic heterocycles. The van der Waals surface area contributed by atoms with Crippen molar-refractivity contribution in [2.24, 2.45) is 0 Å². The fourth-order valence-electron chi connectivity index (χ4n) is 4.24. The summed E-state index contributed by atoms with van der Waals surface area (Å²) in [6.45, 7) is 5.89. The lowest BCUT2D eigenvalue weighted by Crippen LogP contribution is -2.40. The van der Waals surface area contributed by atoms with Crippen LogP contribution in [0.4, 0.5) is 5.82 Å². The van der Waals surface area contributed by atoms with Crippen molar-refractivity contribution in [3.63, 3.8) is 0 Å². The maximum atomic E-state index is 13.2. The van der Waals surface area contributed by atoms with Gasteiger partial charge in [0.15, 0.2) is 0 Å². The summed E-state index contributed by atoms with van der Waals surface area (Å²) in [6, 6.07) is 12.3. The molecule has 1 saturated heterocycles. The number of likely N-dealkylation sites (tertiary alicyclic amines) is 1. The van der Waals surface area contributed by atoms with Gasteiger partial charge in [0.05, 0.1) is 11.0 Å². The van der Waals surface area contributed by atoms with Crippen LogP contribution in [0, 0.1) is 0 Å². The van der Waals surface area contributed by atoms with Gasteiger partial charge in [-0.05, 0) is 51.0 Å². The van der Waals surface area contributed by atoms with E-state index in [0.717, 1.165) is 36.5 Å². The van der Waals surface area contributed by atoms with E-state index in [0.29, 0.717) is 18.2 Å². The van der Waals surface area contributed by atoms with Gasteiger partial charge in [-0.25, -0.2) is 9.97 Å². The highest BCUT2D eigenvalue weighted by Crippen LogP contribution is 2.32. The number of nitrogens with zero attached hydrogens (tertiary/aromatic N) is 5. The first-order valence-corrected chi connectivity index (χ1v) is 10.3. The molecule has 3 aromatic rings. The molecule has 152 valence electrons. The molecule has 0 N–H and O–H groups in total. The number of aromatic nitrogens is 3. The monoisotopic (exact) mass is 391 g/mol. The van der Waals surface area contributed by atoms with E-state index in [1.54, 1.807) is 6.20 Å². The summed E-state index contributed by atoms with van der Waals surface area (Å²) in [6.07, 6.45) is 3.75. The van der Waals surface area contributed by atoms with Crippen LogP contribution in [0.15, 0.2) is 42.6 Å². The Hall–Kier alpha value is -2.89. The van der Waals surface area contributed by atoms with Crippen LogP contribution < -0.4 is 4.90 Å². The van der Waals surface area contributed by atoms with Crippen molar-refractivity contribution >= 4 is 22.8 Å². The zero-order chi connectivity index (χ0) is 20.5. The Labute approximate surface area is 172 Å². The molecule has 6 heteroatoms. The third kappa shape index (κ3) is 3.71. The summed E-state index contributed by atoms with van der Waals surface area (Å²) >= 11 is 0. The van der Waals surface area contributed by atoms with Gasteiger partial charge >= 0.3 is 0 Å². The van der Waals surface area contributed by atoms with Crippen molar-refractivity contribution in [1.82, 2.24) is 19.4 Å². The van der Waals surface area contributed by atoms with Crippen LogP contribution in [-0.4, -0.2) is 52.5 Å². The van der Waals surface area contributed by atoms with Crippen molar-refractivity contribution in [2.75, 3.05) is 32.1 Å². The van der Waals surface area contributed by atoms with E-state index in [4.69, 9.17) is 4.98 Å². The zero-order valence-electron chi connectivity index (χ0n) is 17.7. The van der Waals surface area contributed by atoms with Crippen LogP contribution in [0.1, 0.15) is 54.8 Å². The molecular weight excluding hydrogens is 362 g/mol. The molecule has 1 aliphatic rings. The fraction of sp³-hybridized carbons (Fsp3) is 0.435. The Morgan fingerprint density at radius 2 is 2.00 bits per heavy atom. The number of rotatable bonds is 4. The van der Waals surface area contributed by atoms with E-state index < -0.39 is 0 Å². The maximum Gasteiger partial charge on any atom is 0.254 e. The second-order valence-electron chi connectivity index (χ2n) is 8.31. The molecule has 2 aromatic heterocycles. The van der Waals surface area contributed by atoms with E-state index in [1.807, 2.05) is 42.1 Å². The largest absolute Gasteiger partial charge is 0.363 e. The van der Waals surface area contributed by atoms with Crippen molar-refractivity contribution in [2.45, 2.75) is 38.6 Å². The van der Waals surface area contributed by atoms with Gasteiger partial charge in [0.1, 0.15) is 11.6 Å². The first-order chi connectivity index (χ1) is 14.0. The zero-order valence-corrected chi connectivity index (χ0v) is 17.7. The number of hydrogen-bond acceptors (Lipinski definition) is 4. The summed E-state index contributed by atoms with van der Waals surface area (Å²) in [5.74, 6) is 2.22. The van der Waals surface area contributed by atoms with Crippen LogP contribution >= 0.6 is 0 Å². The Balaban J connectivity index is 1.62. The van der Waals surface area contributed by atoms with E-state index in [9.17, 15) is 4.79 Å². The van der Waals surface area contributed by atoms with Crippen LogP contribution in [-0.2, 0) is 0 Å². The van der Waals surface area contributed by atoms with Gasteiger partial charge in [-0.15, -0.1) is 0 Å². The molecule has 0 bridgehead atoms. The molecule has 1 fully saturated rings. The van der Waals surface area contributed by atoms with Crippen molar-refractivity contribution < 1.29 is 4.79 Å². The second kappa shape index (κ2) is 7.85. The van der Waals surface area contributed by atoms with Gasteiger partial charge in [0.2, 0.25) is 0 Å². The minimum atomic E-state index is 0.0763. The normalized spacial score (nSPS) is 17.1. The minimum absolute atomic E-state index is 0.0763. The molecule has 0 spiro atoms. The van der Waals surface area contributed by atoms with Gasteiger partial charge in [-0.1, -0.05) is 12.1 Å². The van der Waals surface area contributed by atoms with Crippen molar-refractivity contribution in [1.29, 1.82) is 0 Å². The van der Waals surface area contributed by atoms with E-state index >= 15 is 0 Å². The number of amides is 1. The van der Waals surface area contributed by atoms with Gasteiger partial charge in [0.25, 0.3) is 5.91 Å². The predicted octanol–water partition coefficient (Wildman–Crippen LogP) is 4.10. The Morgan fingerprint density at radius 3 is 2.76 bits per heavy atom. The number of carbonyl (C=O) groups excluding carboxylic acids is 1. The van der Waals surface area contributed by atoms with Gasteiger partial charge < -0.3 is 14.4 Å². The van der Waals surface area contributed by atoms with Crippen LogP contribution in [0.2, 0.25) is 0 Å². The van der Waals surface area contributed by atoms with Gasteiger partial charge in [-0.2, -0.15) is 0 Å². The van der Waals surface area contributed by atoms with Crippen LogP contribution in [0.5, 0.6) is 0 Å². The summed E-state index contributed by atoms with van der Waals surface area (Å²) in [5, 5.41) is 0. The summed E-state index contributed by atoms with van der Waals surface area (Å²) in [5.41, 5.74) is 2.90. The maximum absolute atomic E-state index is 13.2. The molecule has 4 rings (SSSR count). The average molecular weight is 392 g/mol. The van der Waals surface area contributed by atoms with Crippen molar-refractivity contribution in [3.8, 4) is 0 Å². The lowest BCUT2D eigenvalue weighted by atomic mass is 9.96. The lowest BCUT2D eigenvalue weighted by molar-refractivity contribution is 0.0703. The first-order valence-electron chi connectivity index (χ1n) is 10.3. The lowest BCUT2D eigenvalue weighted by Gasteiger charge is -2.33. The number of anilines is 1. The summed E-state index contributed by atoms with van der Waals surface area (Å²) in [4.78, 5) is 26.4. The third-order valence-corrected chi connectivity index (χ3v) is 5.66. The Morgan fingerprint density at radius 1 is 1.21 bits per heavy atom. The molecule has 6 nitrogen and oxygen atoms in total. The Bertz CT molecular complexity index is 1020. The standard InChI is InChI=1S/C23H29N5O/c1-16(2)28-20-10-6-5-9-19(20)25-22(28)18-8-7-13-27(15-18)23(29)17-11-12-24-21(14-17)26(3)4/h5-6,9-12,14,16,18H,7-8,13,15H2,1-4H3/t18-/m0/s1. The molecule has 0 radical (unpaired) electrons. The van der Waals surface area contributed by atoms with Gasteiger partial charge in [0, 0.05) is 50.9 Å². The summed E-state index contributed by atoms with van der Waals surface area (Å²) < 4.78 is 2.34. The quantitative estimate of drug-likeness (QED) is 0.672. The Kier molecular flexibility index (Phi) is 5.26. The summed E-state index contributed by atoms with van der Waals surface area (Å²) in [7, 11) is 3.87. The SMILES string of the molecule is CC(C)n1c([C@H]2CCCN(C(=O)c3ccnc(N(C)C)c3)C2)nc2ccccc21. The number of fused-ring (bicyclic) bond motifs is 1. The van der Waals surface area contributed by atoms with Crippen LogP contribution in [0.25, 0.3) is 11.0 Å². The highest BCUT2D eigenvalue weighted by molar-refractivity contribution is 5.95. The van der Waals surface area contributed by atoms with Crippen molar-refractivity contribution in [3.05, 3.63) is 54.0 Å². The minimum Gasteiger partial charge on any atom is -0.363 e. The molecule has 29 heavy (non-hydrogen) atoms. The third-order valence-electron chi connectivity index (χ3n) is 5.66. The average Bonchev–Trinajstić information content (AvgIpc) is 3.13. The van der Waals surface area contributed by atoms with E-state index in [2.05, 4.69) is 41.6 Å². The highest BCUT2D eigenvalue weighted by atomic mass is 16.2. The molecule has 0 saturated carbocycles. The number of pyridine rings is 1. The number of hydrogen-bond donors (Lipinski definition) is 0. The number of benzene rings is 1. The molecule has 1 aromatic carbocycles. The molecule has 3 heterocycles. The number of imidazole rings is 1. The number of para-hydroxylation sites is 2. The molecular formula is C23H29N5O. The van der Waals surface area contributed by atoms with E-state index in [-0.39, 0.29) is 11.8 Å². The first kappa shape index (κ1) is 19.4. The molecule has 1 atom stereocenters. The topological polar surface area (TPSA) is 54.3 Å². The molecule has 0 unspecified atom stereocenters.